The molecule has 1 aromatic rings. The van der Waals surface area contributed by atoms with Gasteiger partial charge in [0, 0.05) is 12.8 Å². The molecule has 0 radical (unpaired) electrons. The monoisotopic (exact) mass is 213 g/mol. The van der Waals surface area contributed by atoms with Crippen LogP contribution in [0, 0.1) is 5.92 Å². The topological polar surface area (TPSA) is 46.3 Å². The lowest BCUT2D eigenvalue weighted by atomic mass is 10.1. The minimum absolute atomic E-state index is 0.133. The molecular formula is C10H15NO2S. The van der Waals surface area contributed by atoms with E-state index in [1.54, 1.807) is 6.20 Å². The van der Waals surface area contributed by atoms with Gasteiger partial charge in [0.2, 0.25) is 0 Å². The number of aliphatic hydroxyl groups is 1. The first-order chi connectivity index (χ1) is 6.88. The summed E-state index contributed by atoms with van der Waals surface area (Å²) in [5.41, 5.74) is 0. The van der Waals surface area contributed by atoms with Crippen molar-refractivity contribution in [1.82, 2.24) is 4.98 Å². The maximum absolute atomic E-state index is 8.72. The Morgan fingerprint density at radius 2 is 2.57 bits per heavy atom. The van der Waals surface area contributed by atoms with E-state index in [-0.39, 0.29) is 6.61 Å². The maximum atomic E-state index is 8.72. The van der Waals surface area contributed by atoms with E-state index in [9.17, 15) is 0 Å². The first kappa shape index (κ1) is 10.1. The van der Waals surface area contributed by atoms with Crippen molar-refractivity contribution < 1.29 is 9.52 Å². The summed E-state index contributed by atoms with van der Waals surface area (Å²) in [6.45, 7) is 0.133. The lowest BCUT2D eigenvalue weighted by Crippen LogP contribution is -2.02. The Labute approximate surface area is 87.9 Å². The minimum Gasteiger partial charge on any atom is -0.446 e. The molecule has 3 nitrogen and oxygen atoms in total. The highest BCUT2D eigenvalue weighted by Gasteiger charge is 2.18. The fraction of sp³-hybridized carbons (Fsp3) is 0.700. The van der Waals surface area contributed by atoms with E-state index in [4.69, 9.17) is 9.52 Å². The quantitative estimate of drug-likeness (QED) is 0.823. The second-order valence-corrected chi connectivity index (χ2v) is 4.78. The highest BCUT2D eigenvalue weighted by Crippen LogP contribution is 2.26. The summed E-state index contributed by atoms with van der Waals surface area (Å²) in [6.07, 6.45) is 4.54. The number of hydrogen-bond donors (Lipinski definition) is 1. The normalized spacial score (nSPS) is 21.6. The van der Waals surface area contributed by atoms with Gasteiger partial charge in [-0.1, -0.05) is 0 Å². The molecule has 0 spiro atoms. The van der Waals surface area contributed by atoms with Gasteiger partial charge in [-0.05, 0) is 23.8 Å². The van der Waals surface area contributed by atoms with Gasteiger partial charge in [-0.3, -0.25) is 0 Å². The summed E-state index contributed by atoms with van der Waals surface area (Å²) in [5, 5.41) is 8.72. The molecule has 14 heavy (non-hydrogen) atoms. The van der Waals surface area contributed by atoms with Crippen molar-refractivity contribution in [3.05, 3.63) is 17.8 Å². The van der Waals surface area contributed by atoms with Crippen LogP contribution in [0.2, 0.25) is 0 Å². The third-order valence-corrected chi connectivity index (χ3v) is 3.68. The SMILES string of the molecule is OCCc1cnc(CC2CCSC2)o1. The van der Waals surface area contributed by atoms with Crippen LogP contribution in [0.5, 0.6) is 0 Å². The van der Waals surface area contributed by atoms with Gasteiger partial charge in [-0.15, -0.1) is 0 Å². The molecule has 1 unspecified atom stereocenters. The second-order valence-electron chi connectivity index (χ2n) is 3.63. The third kappa shape index (κ3) is 2.51. The maximum Gasteiger partial charge on any atom is 0.194 e. The van der Waals surface area contributed by atoms with Gasteiger partial charge < -0.3 is 9.52 Å². The Kier molecular flexibility index (Phi) is 3.48. The summed E-state index contributed by atoms with van der Waals surface area (Å²) in [5.74, 6) is 4.88. The molecule has 1 aliphatic rings. The predicted octanol–water partition coefficient (Wildman–Crippen LogP) is 1.50. The minimum atomic E-state index is 0.133. The van der Waals surface area contributed by atoms with E-state index in [2.05, 4.69) is 4.98 Å². The Bertz CT molecular complexity index is 281. The van der Waals surface area contributed by atoms with Gasteiger partial charge in [0.1, 0.15) is 5.76 Å². The van der Waals surface area contributed by atoms with Crippen molar-refractivity contribution >= 4 is 11.8 Å². The zero-order chi connectivity index (χ0) is 9.80. The molecule has 1 atom stereocenters. The molecule has 0 saturated carbocycles. The lowest BCUT2D eigenvalue weighted by molar-refractivity contribution is 0.285. The van der Waals surface area contributed by atoms with Crippen LogP contribution in [0.25, 0.3) is 0 Å². The lowest BCUT2D eigenvalue weighted by Gasteiger charge is -2.02. The van der Waals surface area contributed by atoms with Crippen LogP contribution in [0.15, 0.2) is 10.6 Å². The molecule has 0 bridgehead atoms. The number of hydrogen-bond acceptors (Lipinski definition) is 4. The van der Waals surface area contributed by atoms with Crippen LogP contribution in [0.4, 0.5) is 0 Å². The molecule has 2 heterocycles. The van der Waals surface area contributed by atoms with Gasteiger partial charge >= 0.3 is 0 Å². The van der Waals surface area contributed by atoms with Gasteiger partial charge in [-0.25, -0.2) is 4.98 Å². The molecule has 0 amide bonds. The van der Waals surface area contributed by atoms with Gasteiger partial charge in [0.05, 0.1) is 12.8 Å². The molecule has 1 aromatic heterocycles. The molecule has 2 rings (SSSR count). The first-order valence-corrected chi connectivity index (χ1v) is 6.16. The molecular weight excluding hydrogens is 198 g/mol. The number of nitrogens with zero attached hydrogens (tertiary/aromatic N) is 1. The van der Waals surface area contributed by atoms with Gasteiger partial charge in [-0.2, -0.15) is 11.8 Å². The summed E-state index contributed by atoms with van der Waals surface area (Å²) < 4.78 is 5.51. The van der Waals surface area contributed by atoms with Crippen molar-refractivity contribution in [1.29, 1.82) is 0 Å². The standard InChI is InChI=1S/C10H15NO2S/c12-3-1-9-6-11-10(13-9)5-8-2-4-14-7-8/h6,8,12H,1-5,7H2. The van der Waals surface area contributed by atoms with Crippen LogP contribution in [0.1, 0.15) is 18.1 Å². The molecule has 0 aliphatic carbocycles. The third-order valence-electron chi connectivity index (χ3n) is 2.45. The number of thioether (sulfide) groups is 1. The first-order valence-electron chi connectivity index (χ1n) is 5.00. The van der Waals surface area contributed by atoms with Gasteiger partial charge in [0.25, 0.3) is 0 Å². The smallest absolute Gasteiger partial charge is 0.194 e. The largest absolute Gasteiger partial charge is 0.446 e. The Hall–Kier alpha value is -0.480. The molecule has 1 aliphatic heterocycles. The predicted molar refractivity (Wildman–Crippen MR) is 56.4 cm³/mol. The zero-order valence-electron chi connectivity index (χ0n) is 8.11. The van der Waals surface area contributed by atoms with Crippen LogP contribution < -0.4 is 0 Å². The molecule has 78 valence electrons. The Balaban J connectivity index is 1.88. The summed E-state index contributed by atoms with van der Waals surface area (Å²) >= 11 is 2.01. The van der Waals surface area contributed by atoms with Crippen LogP contribution in [0.3, 0.4) is 0 Å². The highest BCUT2D eigenvalue weighted by molar-refractivity contribution is 7.99. The highest BCUT2D eigenvalue weighted by atomic mass is 32.2. The number of oxazole rings is 1. The fourth-order valence-electron chi connectivity index (χ4n) is 1.66. The number of rotatable bonds is 4. The molecule has 4 heteroatoms. The van der Waals surface area contributed by atoms with Crippen molar-refractivity contribution in [2.24, 2.45) is 5.92 Å². The van der Waals surface area contributed by atoms with E-state index in [0.29, 0.717) is 6.42 Å². The van der Waals surface area contributed by atoms with Crippen LogP contribution in [-0.2, 0) is 12.8 Å². The van der Waals surface area contributed by atoms with E-state index in [0.717, 1.165) is 24.0 Å². The van der Waals surface area contributed by atoms with E-state index < -0.39 is 0 Å². The van der Waals surface area contributed by atoms with Crippen molar-refractivity contribution in [2.45, 2.75) is 19.3 Å². The van der Waals surface area contributed by atoms with Crippen LogP contribution >= 0.6 is 11.8 Å². The van der Waals surface area contributed by atoms with Crippen molar-refractivity contribution in [2.75, 3.05) is 18.1 Å². The average Bonchev–Trinajstić information content (AvgIpc) is 2.79. The summed E-state index contributed by atoms with van der Waals surface area (Å²) in [6, 6.07) is 0. The fourth-order valence-corrected chi connectivity index (χ4v) is 2.94. The van der Waals surface area contributed by atoms with E-state index in [1.165, 1.54) is 17.9 Å². The molecule has 1 saturated heterocycles. The van der Waals surface area contributed by atoms with Crippen molar-refractivity contribution in [3.8, 4) is 0 Å². The molecule has 1 N–H and O–H groups in total. The summed E-state index contributed by atoms with van der Waals surface area (Å²) in [4.78, 5) is 4.21. The van der Waals surface area contributed by atoms with Gasteiger partial charge in [0.15, 0.2) is 5.89 Å². The average molecular weight is 213 g/mol. The second kappa shape index (κ2) is 4.84. The summed E-state index contributed by atoms with van der Waals surface area (Å²) in [7, 11) is 0. The number of aliphatic hydroxyl groups excluding tert-OH is 1. The van der Waals surface area contributed by atoms with Crippen LogP contribution in [-0.4, -0.2) is 28.2 Å². The van der Waals surface area contributed by atoms with Crippen molar-refractivity contribution in [3.63, 3.8) is 0 Å². The number of aromatic nitrogens is 1. The van der Waals surface area contributed by atoms with E-state index >= 15 is 0 Å². The zero-order valence-corrected chi connectivity index (χ0v) is 8.92. The van der Waals surface area contributed by atoms with E-state index in [1.807, 2.05) is 11.8 Å². The Morgan fingerprint density at radius 1 is 1.64 bits per heavy atom. The molecule has 0 aromatic carbocycles. The molecule has 1 fully saturated rings. The Morgan fingerprint density at radius 3 is 3.29 bits per heavy atom.